The maximum atomic E-state index is 13.6. The van der Waals surface area contributed by atoms with Crippen molar-refractivity contribution >= 4 is 46.6 Å². The number of imide groups is 1. The Morgan fingerprint density at radius 1 is 0.941 bits per heavy atom. The zero-order chi connectivity index (χ0) is 23.7. The summed E-state index contributed by atoms with van der Waals surface area (Å²) in [6.45, 7) is 1.94. The Morgan fingerprint density at radius 3 is 2.12 bits per heavy atom. The molecule has 2 saturated carbocycles. The lowest BCUT2D eigenvalue weighted by atomic mass is 9.63. The van der Waals surface area contributed by atoms with Crippen molar-refractivity contribution in [3.8, 4) is 0 Å². The lowest BCUT2D eigenvalue weighted by Gasteiger charge is -2.37. The number of hydrogen-bond donors (Lipinski definition) is 0. The molecular weight excluding hydrogens is 471 g/mol. The quantitative estimate of drug-likeness (QED) is 0.423. The van der Waals surface area contributed by atoms with Gasteiger partial charge in [0.25, 0.3) is 5.91 Å². The molecule has 0 unspecified atom stereocenters. The van der Waals surface area contributed by atoms with Gasteiger partial charge in [0.15, 0.2) is 0 Å². The molecule has 3 amide bonds. The average Bonchev–Trinajstić information content (AvgIpc) is 3.64. The molecule has 0 spiro atoms. The van der Waals surface area contributed by atoms with Crippen LogP contribution in [-0.2, 0) is 16.0 Å². The van der Waals surface area contributed by atoms with Crippen LogP contribution in [0.15, 0.2) is 54.6 Å². The van der Waals surface area contributed by atoms with E-state index in [-0.39, 0.29) is 53.1 Å². The van der Waals surface area contributed by atoms with Crippen LogP contribution in [0.25, 0.3) is 0 Å². The topological polar surface area (TPSA) is 57.7 Å². The van der Waals surface area contributed by atoms with E-state index in [1.165, 1.54) is 15.9 Å². The molecule has 0 aromatic heterocycles. The predicted molar refractivity (Wildman–Crippen MR) is 131 cm³/mol. The highest BCUT2D eigenvalue weighted by atomic mass is 35.5. The van der Waals surface area contributed by atoms with Crippen molar-refractivity contribution in [2.75, 3.05) is 11.6 Å². The second-order valence-electron chi connectivity index (χ2n) is 9.78. The van der Waals surface area contributed by atoms with Crippen molar-refractivity contribution in [3.63, 3.8) is 0 Å². The SMILES string of the molecule is CCc1ccc(N(CN2C(=O)[C@@H]3[C@@H]4C=C[C@H]([C@@H]5C[C@H]45)[C@H]3C2=O)C(=O)c2ccc(Cl)c(Cl)c2)cc1. The minimum absolute atomic E-state index is 0.121. The maximum Gasteiger partial charge on any atom is 0.259 e. The third-order valence-electron chi connectivity index (χ3n) is 8.10. The van der Waals surface area contributed by atoms with E-state index in [4.69, 9.17) is 23.2 Å². The molecule has 2 aromatic rings. The molecule has 0 radical (unpaired) electrons. The fourth-order valence-corrected chi connectivity index (χ4v) is 6.56. The first kappa shape index (κ1) is 21.9. The van der Waals surface area contributed by atoms with Gasteiger partial charge >= 0.3 is 0 Å². The molecule has 5 nitrogen and oxygen atoms in total. The lowest BCUT2D eigenvalue weighted by molar-refractivity contribution is -0.140. The third kappa shape index (κ3) is 3.24. The summed E-state index contributed by atoms with van der Waals surface area (Å²) in [5, 5.41) is 0.627. The van der Waals surface area contributed by atoms with Crippen LogP contribution in [0.2, 0.25) is 10.0 Å². The highest BCUT2D eigenvalue weighted by Gasteiger charge is 2.67. The molecule has 2 bridgehead atoms. The summed E-state index contributed by atoms with van der Waals surface area (Å²) < 4.78 is 0. The molecule has 7 heteroatoms. The highest BCUT2D eigenvalue weighted by Crippen LogP contribution is 2.65. The fourth-order valence-electron chi connectivity index (χ4n) is 6.26. The maximum absolute atomic E-state index is 13.6. The van der Waals surface area contributed by atoms with Crippen molar-refractivity contribution in [2.45, 2.75) is 19.8 Å². The average molecular weight is 495 g/mol. The Bertz CT molecular complexity index is 1200. The number of likely N-dealkylation sites (tertiary alicyclic amines) is 1. The molecule has 34 heavy (non-hydrogen) atoms. The van der Waals surface area contributed by atoms with E-state index in [1.807, 2.05) is 24.3 Å². The number of aryl methyl sites for hydroxylation is 1. The van der Waals surface area contributed by atoms with Gasteiger partial charge in [-0.2, -0.15) is 0 Å². The van der Waals surface area contributed by atoms with Gasteiger partial charge < -0.3 is 0 Å². The second kappa shape index (κ2) is 7.96. The summed E-state index contributed by atoms with van der Waals surface area (Å²) in [5.41, 5.74) is 2.09. The normalized spacial score (nSPS) is 30.4. The van der Waals surface area contributed by atoms with E-state index in [2.05, 4.69) is 19.1 Å². The van der Waals surface area contributed by atoms with Crippen LogP contribution in [0.5, 0.6) is 0 Å². The van der Waals surface area contributed by atoms with Crippen molar-refractivity contribution in [3.05, 3.63) is 75.8 Å². The molecule has 174 valence electrons. The van der Waals surface area contributed by atoms with Crippen LogP contribution >= 0.6 is 23.2 Å². The first-order chi connectivity index (χ1) is 16.4. The van der Waals surface area contributed by atoms with Gasteiger partial charge in [0.1, 0.15) is 6.67 Å². The van der Waals surface area contributed by atoms with E-state index in [1.54, 1.807) is 12.1 Å². The number of carbonyl (C=O) groups is 3. The molecule has 4 aliphatic carbocycles. The summed E-state index contributed by atoms with van der Waals surface area (Å²) in [4.78, 5) is 43.5. The Labute approximate surface area is 208 Å². The molecule has 7 rings (SSSR count). The lowest BCUT2D eigenvalue weighted by Crippen LogP contribution is -2.45. The molecular formula is C27H24Cl2N2O3. The third-order valence-corrected chi connectivity index (χ3v) is 8.84. The standard InChI is InChI=1S/C27H24Cl2N2O3/c1-2-14-3-6-16(7-4-14)30(25(32)15-5-10-21(28)22(29)11-15)13-31-26(33)23-17-8-9-18(20-12-19(17)20)24(23)27(31)34/h3-11,17-20,23-24H,2,12-13H2,1H3/t17-,18-,19-,20+,23-,24-/m1/s1. The zero-order valence-electron chi connectivity index (χ0n) is 18.7. The minimum Gasteiger partial charge on any atom is -0.290 e. The largest absolute Gasteiger partial charge is 0.290 e. The molecule has 1 aliphatic heterocycles. The monoisotopic (exact) mass is 494 g/mol. The highest BCUT2D eigenvalue weighted by molar-refractivity contribution is 6.42. The first-order valence-corrected chi connectivity index (χ1v) is 12.5. The van der Waals surface area contributed by atoms with Crippen LogP contribution < -0.4 is 4.90 Å². The minimum atomic E-state index is -0.345. The smallest absolute Gasteiger partial charge is 0.259 e. The second-order valence-corrected chi connectivity index (χ2v) is 10.6. The number of rotatable bonds is 5. The number of amides is 3. The molecule has 3 fully saturated rings. The van der Waals surface area contributed by atoms with Crippen molar-refractivity contribution in [1.29, 1.82) is 0 Å². The summed E-state index contributed by atoms with van der Waals surface area (Å²) in [6, 6.07) is 12.3. The summed E-state index contributed by atoms with van der Waals surface area (Å²) >= 11 is 12.2. The van der Waals surface area contributed by atoms with Crippen LogP contribution in [-0.4, -0.2) is 29.3 Å². The Morgan fingerprint density at radius 2 is 1.56 bits per heavy atom. The number of carbonyl (C=O) groups excluding carboxylic acids is 3. The van der Waals surface area contributed by atoms with E-state index in [0.29, 0.717) is 28.1 Å². The fraction of sp³-hybridized carbons (Fsp3) is 0.370. The van der Waals surface area contributed by atoms with Gasteiger partial charge in [0.2, 0.25) is 11.8 Å². The van der Waals surface area contributed by atoms with Gasteiger partial charge in [0, 0.05) is 11.3 Å². The molecule has 6 atom stereocenters. The molecule has 2 aromatic carbocycles. The van der Waals surface area contributed by atoms with Gasteiger partial charge in [-0.1, -0.05) is 54.4 Å². The number of anilines is 1. The number of nitrogens with zero attached hydrogens (tertiary/aromatic N) is 2. The summed E-state index contributed by atoms with van der Waals surface area (Å²) in [6.07, 6.45) is 6.28. The van der Waals surface area contributed by atoms with Crippen LogP contribution in [0.4, 0.5) is 5.69 Å². The van der Waals surface area contributed by atoms with E-state index in [0.717, 1.165) is 18.4 Å². The van der Waals surface area contributed by atoms with Gasteiger partial charge in [-0.25, -0.2) is 0 Å². The molecule has 1 heterocycles. The van der Waals surface area contributed by atoms with Crippen LogP contribution in [0.1, 0.15) is 29.3 Å². The van der Waals surface area contributed by atoms with Crippen molar-refractivity contribution < 1.29 is 14.4 Å². The Kier molecular flexibility index (Phi) is 5.12. The zero-order valence-corrected chi connectivity index (χ0v) is 20.2. The number of hydrogen-bond acceptors (Lipinski definition) is 3. The molecule has 1 saturated heterocycles. The van der Waals surface area contributed by atoms with E-state index >= 15 is 0 Å². The first-order valence-electron chi connectivity index (χ1n) is 11.8. The predicted octanol–water partition coefficient (Wildman–Crippen LogP) is 5.21. The number of halogens is 2. The number of allylic oxidation sites excluding steroid dienone is 2. The Balaban J connectivity index is 1.34. The summed E-state index contributed by atoms with van der Waals surface area (Å²) in [5.74, 6) is 0.100. The van der Waals surface area contributed by atoms with Crippen LogP contribution in [0, 0.1) is 35.5 Å². The molecule has 5 aliphatic rings. The van der Waals surface area contributed by atoms with Gasteiger partial charge in [-0.15, -0.1) is 0 Å². The van der Waals surface area contributed by atoms with Crippen LogP contribution in [0.3, 0.4) is 0 Å². The van der Waals surface area contributed by atoms with E-state index < -0.39 is 0 Å². The summed E-state index contributed by atoms with van der Waals surface area (Å²) in [7, 11) is 0. The van der Waals surface area contributed by atoms with Crippen molar-refractivity contribution in [2.24, 2.45) is 35.5 Å². The van der Waals surface area contributed by atoms with E-state index in [9.17, 15) is 14.4 Å². The van der Waals surface area contributed by atoms with Gasteiger partial charge in [-0.05, 0) is 72.4 Å². The van der Waals surface area contributed by atoms with Crippen molar-refractivity contribution in [1.82, 2.24) is 4.90 Å². The van der Waals surface area contributed by atoms with Gasteiger partial charge in [0.05, 0.1) is 21.9 Å². The number of benzene rings is 2. The molecule has 0 N–H and O–H groups in total. The Hall–Kier alpha value is -2.63. The van der Waals surface area contributed by atoms with Gasteiger partial charge in [-0.3, -0.25) is 24.2 Å².